The van der Waals surface area contributed by atoms with Gasteiger partial charge in [-0.1, -0.05) is 6.42 Å². The Labute approximate surface area is 108 Å². The first kappa shape index (κ1) is 13.6. The molecule has 1 atom stereocenters. The molecule has 1 saturated heterocycles. The predicted molar refractivity (Wildman–Crippen MR) is 68.1 cm³/mol. The first-order valence-electron chi connectivity index (χ1n) is 6.70. The zero-order chi connectivity index (χ0) is 13.0. The lowest BCUT2D eigenvalue weighted by Gasteiger charge is -2.22. The minimum absolute atomic E-state index is 0.0473. The second-order valence-electron chi connectivity index (χ2n) is 5.32. The molecule has 0 bridgehead atoms. The number of nitrogens with one attached hydrogen (secondary N) is 1. The molecule has 2 fully saturated rings. The van der Waals surface area contributed by atoms with Gasteiger partial charge in [0.25, 0.3) is 0 Å². The first-order valence-corrected chi connectivity index (χ1v) is 8.52. The average Bonchev–Trinajstić information content (AvgIpc) is 2.68. The van der Waals surface area contributed by atoms with Crippen LogP contribution in [-0.4, -0.2) is 38.7 Å². The van der Waals surface area contributed by atoms with E-state index >= 15 is 0 Å². The van der Waals surface area contributed by atoms with Crippen molar-refractivity contribution >= 4 is 15.9 Å². The number of ether oxygens (including phenoxy) is 1. The number of hydrogen-bond acceptors (Lipinski definition) is 4. The predicted octanol–water partition coefficient (Wildman–Crippen LogP) is 1.48. The van der Waals surface area contributed by atoms with Crippen molar-refractivity contribution in [3.63, 3.8) is 0 Å². The van der Waals surface area contributed by atoms with E-state index in [1.165, 1.54) is 6.42 Å². The normalized spacial score (nSPS) is 27.9. The van der Waals surface area contributed by atoms with Gasteiger partial charge >= 0.3 is 6.09 Å². The van der Waals surface area contributed by atoms with Crippen LogP contribution in [0.2, 0.25) is 0 Å². The third-order valence-corrected chi connectivity index (χ3v) is 5.52. The Balaban J connectivity index is 1.65. The van der Waals surface area contributed by atoms with Gasteiger partial charge in [-0.3, -0.25) is 0 Å². The van der Waals surface area contributed by atoms with Crippen LogP contribution in [0.3, 0.4) is 0 Å². The van der Waals surface area contributed by atoms with E-state index < -0.39 is 15.9 Å². The van der Waals surface area contributed by atoms with Crippen molar-refractivity contribution in [3.05, 3.63) is 0 Å². The third kappa shape index (κ3) is 4.15. The highest BCUT2D eigenvalue weighted by Gasteiger charge is 2.28. The van der Waals surface area contributed by atoms with Gasteiger partial charge < -0.3 is 10.1 Å². The summed E-state index contributed by atoms with van der Waals surface area (Å²) in [5.74, 6) is 0.488. The minimum atomic E-state index is -2.86. The number of sulfone groups is 1. The maximum Gasteiger partial charge on any atom is 0.407 e. The summed E-state index contributed by atoms with van der Waals surface area (Å²) in [6.45, 7) is 0.408. The molecule has 0 spiro atoms. The van der Waals surface area contributed by atoms with Crippen LogP contribution in [0.15, 0.2) is 0 Å². The van der Waals surface area contributed by atoms with Crippen LogP contribution in [0.25, 0.3) is 0 Å². The second kappa shape index (κ2) is 5.91. The maximum absolute atomic E-state index is 11.5. The van der Waals surface area contributed by atoms with Gasteiger partial charge in [0.1, 0.15) is 6.10 Å². The van der Waals surface area contributed by atoms with Gasteiger partial charge in [-0.05, 0) is 38.0 Å². The molecular weight excluding hydrogens is 254 g/mol. The number of carbonyl (C=O) groups excluding carboxylic acids is 1. The lowest BCUT2D eigenvalue weighted by atomic mass is 9.98. The fourth-order valence-corrected chi connectivity index (χ4v) is 4.50. The summed E-state index contributed by atoms with van der Waals surface area (Å²) in [4.78, 5) is 11.5. The van der Waals surface area contributed by atoms with E-state index in [1.54, 1.807) is 0 Å². The summed E-state index contributed by atoms with van der Waals surface area (Å²) in [5, 5.41) is 2.68. The van der Waals surface area contributed by atoms with Gasteiger partial charge in [0.15, 0.2) is 9.84 Å². The van der Waals surface area contributed by atoms with Crippen LogP contribution < -0.4 is 5.32 Å². The molecule has 0 aromatic rings. The molecule has 2 rings (SSSR count). The van der Waals surface area contributed by atoms with E-state index in [1.807, 2.05) is 0 Å². The van der Waals surface area contributed by atoms with Crippen molar-refractivity contribution in [1.82, 2.24) is 5.32 Å². The van der Waals surface area contributed by atoms with Gasteiger partial charge in [-0.15, -0.1) is 0 Å². The van der Waals surface area contributed by atoms with E-state index in [9.17, 15) is 13.2 Å². The SMILES string of the molecule is O=C(NC[C@H]1CCS(=O)(=O)C1)OC1CCCCC1. The minimum Gasteiger partial charge on any atom is -0.446 e. The van der Waals surface area contributed by atoms with Crippen LogP contribution in [0.1, 0.15) is 38.5 Å². The maximum atomic E-state index is 11.5. The molecule has 104 valence electrons. The van der Waals surface area contributed by atoms with E-state index in [0.29, 0.717) is 13.0 Å². The van der Waals surface area contributed by atoms with Gasteiger partial charge in [-0.25, -0.2) is 13.2 Å². The Morgan fingerprint density at radius 3 is 2.50 bits per heavy atom. The van der Waals surface area contributed by atoms with Crippen LogP contribution >= 0.6 is 0 Å². The molecule has 5 nitrogen and oxygen atoms in total. The smallest absolute Gasteiger partial charge is 0.407 e. The third-order valence-electron chi connectivity index (χ3n) is 3.69. The largest absolute Gasteiger partial charge is 0.446 e. The Morgan fingerprint density at radius 2 is 1.89 bits per heavy atom. The molecule has 18 heavy (non-hydrogen) atoms. The Morgan fingerprint density at radius 1 is 1.17 bits per heavy atom. The zero-order valence-corrected chi connectivity index (χ0v) is 11.4. The summed E-state index contributed by atoms with van der Waals surface area (Å²) >= 11 is 0. The first-order chi connectivity index (χ1) is 8.55. The fraction of sp³-hybridized carbons (Fsp3) is 0.917. The quantitative estimate of drug-likeness (QED) is 0.846. The molecule has 2 aliphatic rings. The molecule has 1 aliphatic heterocycles. The van der Waals surface area contributed by atoms with E-state index in [-0.39, 0.29) is 23.5 Å². The lowest BCUT2D eigenvalue weighted by Crippen LogP contribution is -2.33. The number of alkyl carbamates (subject to hydrolysis) is 1. The van der Waals surface area contributed by atoms with E-state index in [0.717, 1.165) is 25.7 Å². The summed E-state index contributed by atoms with van der Waals surface area (Å²) in [7, 11) is -2.86. The number of carbonyl (C=O) groups is 1. The second-order valence-corrected chi connectivity index (χ2v) is 7.54. The molecule has 1 saturated carbocycles. The van der Waals surface area contributed by atoms with Crippen molar-refractivity contribution in [3.8, 4) is 0 Å². The summed E-state index contributed by atoms with van der Waals surface area (Å²) in [6.07, 6.45) is 5.67. The molecule has 1 aliphatic carbocycles. The molecule has 0 aromatic heterocycles. The highest BCUT2D eigenvalue weighted by molar-refractivity contribution is 7.91. The topological polar surface area (TPSA) is 72.5 Å². The molecule has 1 N–H and O–H groups in total. The fourth-order valence-electron chi connectivity index (χ4n) is 2.64. The molecular formula is C12H21NO4S. The summed E-state index contributed by atoms with van der Waals surface area (Å²) in [6, 6.07) is 0. The summed E-state index contributed by atoms with van der Waals surface area (Å²) in [5.41, 5.74) is 0. The van der Waals surface area contributed by atoms with Crippen LogP contribution in [-0.2, 0) is 14.6 Å². The zero-order valence-electron chi connectivity index (χ0n) is 10.6. The van der Waals surface area contributed by atoms with Crippen LogP contribution in [0.5, 0.6) is 0 Å². The molecule has 6 heteroatoms. The average molecular weight is 275 g/mol. The highest BCUT2D eigenvalue weighted by atomic mass is 32.2. The van der Waals surface area contributed by atoms with E-state index in [4.69, 9.17) is 4.74 Å². The lowest BCUT2D eigenvalue weighted by molar-refractivity contribution is 0.0747. The van der Waals surface area contributed by atoms with Crippen LogP contribution in [0, 0.1) is 5.92 Å². The van der Waals surface area contributed by atoms with Crippen molar-refractivity contribution < 1.29 is 17.9 Å². The standard InChI is InChI=1S/C12H21NO4S/c14-12(17-11-4-2-1-3-5-11)13-8-10-6-7-18(15,16)9-10/h10-11H,1-9H2,(H,13,14)/t10-/m1/s1. The number of rotatable bonds is 3. The molecule has 1 amide bonds. The van der Waals surface area contributed by atoms with Crippen molar-refractivity contribution in [1.29, 1.82) is 0 Å². The number of hydrogen-bond donors (Lipinski definition) is 1. The van der Waals surface area contributed by atoms with Crippen molar-refractivity contribution in [2.45, 2.75) is 44.6 Å². The Bertz CT molecular complexity index is 387. The van der Waals surface area contributed by atoms with Gasteiger partial charge in [0.05, 0.1) is 11.5 Å². The van der Waals surface area contributed by atoms with E-state index in [2.05, 4.69) is 5.32 Å². The Kier molecular flexibility index (Phi) is 4.48. The monoisotopic (exact) mass is 275 g/mol. The van der Waals surface area contributed by atoms with Gasteiger partial charge in [-0.2, -0.15) is 0 Å². The van der Waals surface area contributed by atoms with Gasteiger partial charge in [0, 0.05) is 6.54 Å². The molecule has 0 radical (unpaired) electrons. The van der Waals surface area contributed by atoms with Crippen molar-refractivity contribution in [2.24, 2.45) is 5.92 Å². The van der Waals surface area contributed by atoms with Gasteiger partial charge in [0.2, 0.25) is 0 Å². The molecule has 1 heterocycles. The van der Waals surface area contributed by atoms with Crippen molar-refractivity contribution in [2.75, 3.05) is 18.1 Å². The highest BCUT2D eigenvalue weighted by Crippen LogP contribution is 2.20. The number of amides is 1. The Hall–Kier alpha value is -0.780. The summed E-state index contributed by atoms with van der Waals surface area (Å²) < 4.78 is 27.8. The molecule has 0 aromatic carbocycles. The molecule has 0 unspecified atom stereocenters. The van der Waals surface area contributed by atoms with Crippen LogP contribution in [0.4, 0.5) is 4.79 Å².